The fourth-order valence-electron chi connectivity index (χ4n) is 2.02. The molecule has 0 bridgehead atoms. The molecule has 0 aliphatic heterocycles. The second-order valence-corrected chi connectivity index (χ2v) is 6.87. The van der Waals surface area contributed by atoms with Gasteiger partial charge in [-0.15, -0.1) is 16.4 Å². The molecule has 0 atom stereocenters. The zero-order valence-corrected chi connectivity index (χ0v) is 15.0. The first-order chi connectivity index (χ1) is 12.2. The Morgan fingerprint density at radius 2 is 2.16 bits per heavy atom. The van der Waals surface area contributed by atoms with E-state index in [1.807, 2.05) is 12.3 Å². The minimum absolute atomic E-state index is 0.184. The van der Waals surface area contributed by atoms with E-state index in [0.717, 1.165) is 12.0 Å². The van der Waals surface area contributed by atoms with Crippen molar-refractivity contribution in [1.29, 1.82) is 0 Å². The third kappa shape index (κ3) is 4.60. The van der Waals surface area contributed by atoms with Gasteiger partial charge in [0.15, 0.2) is 5.13 Å². The third-order valence-electron chi connectivity index (χ3n) is 3.16. The van der Waals surface area contributed by atoms with Gasteiger partial charge in [-0.25, -0.2) is 14.1 Å². The summed E-state index contributed by atoms with van der Waals surface area (Å²) in [6, 6.07) is 6.06. The van der Waals surface area contributed by atoms with Crippen LogP contribution in [0.2, 0.25) is 0 Å². The van der Waals surface area contributed by atoms with E-state index in [-0.39, 0.29) is 17.5 Å². The number of rotatable bonds is 7. The Hall–Kier alpha value is -2.33. The van der Waals surface area contributed by atoms with Crippen molar-refractivity contribution in [3.63, 3.8) is 0 Å². The van der Waals surface area contributed by atoms with Crippen molar-refractivity contribution in [2.45, 2.75) is 25.0 Å². The number of anilines is 1. The topological polar surface area (TPSA) is 85.6 Å². The van der Waals surface area contributed by atoms with E-state index in [9.17, 15) is 9.18 Å². The number of thioether (sulfide) groups is 1. The highest BCUT2D eigenvalue weighted by molar-refractivity contribution is 7.99. The van der Waals surface area contributed by atoms with Crippen LogP contribution >= 0.6 is 23.1 Å². The second kappa shape index (κ2) is 8.17. The third-order valence-corrected chi connectivity index (χ3v) is 4.87. The molecule has 2 aromatic heterocycles. The Bertz CT molecular complexity index is 848. The van der Waals surface area contributed by atoms with E-state index in [4.69, 9.17) is 0 Å². The van der Waals surface area contributed by atoms with Gasteiger partial charge in [-0.3, -0.25) is 4.79 Å². The number of halogens is 1. The molecule has 7 nitrogen and oxygen atoms in total. The quantitative estimate of drug-likeness (QED) is 0.636. The molecule has 0 aliphatic rings. The lowest BCUT2D eigenvalue weighted by Gasteiger charge is -2.02. The molecule has 2 heterocycles. The van der Waals surface area contributed by atoms with E-state index in [1.165, 1.54) is 35.2 Å². The molecule has 0 aliphatic carbocycles. The fourth-order valence-corrected chi connectivity index (χ4v) is 3.46. The van der Waals surface area contributed by atoms with Crippen molar-refractivity contribution in [3.8, 4) is 11.3 Å². The number of nitrogens with zero attached hydrogens (tertiary/aromatic N) is 5. The second-order valence-electron chi connectivity index (χ2n) is 5.07. The van der Waals surface area contributed by atoms with Crippen molar-refractivity contribution in [2.24, 2.45) is 0 Å². The van der Waals surface area contributed by atoms with Gasteiger partial charge in [0.05, 0.1) is 11.4 Å². The molecule has 0 saturated heterocycles. The number of thiazole rings is 1. The van der Waals surface area contributed by atoms with Crippen molar-refractivity contribution in [2.75, 3.05) is 11.1 Å². The Morgan fingerprint density at radius 3 is 2.92 bits per heavy atom. The predicted molar refractivity (Wildman–Crippen MR) is 95.0 cm³/mol. The number of aryl methyl sites for hydroxylation is 1. The maximum Gasteiger partial charge on any atom is 0.236 e. The first-order valence-corrected chi connectivity index (χ1v) is 9.42. The highest BCUT2D eigenvalue weighted by Gasteiger charge is 2.12. The molecule has 0 saturated carbocycles. The molecule has 1 amide bonds. The van der Waals surface area contributed by atoms with Crippen LogP contribution in [0, 0.1) is 5.82 Å². The molecule has 0 radical (unpaired) electrons. The number of hydrogen-bond donors (Lipinski definition) is 1. The zero-order valence-electron chi connectivity index (χ0n) is 13.3. The Morgan fingerprint density at radius 1 is 1.36 bits per heavy atom. The number of carbonyl (C=O) groups is 1. The van der Waals surface area contributed by atoms with E-state index in [1.54, 1.807) is 16.8 Å². The lowest BCUT2D eigenvalue weighted by Crippen LogP contribution is -2.14. The van der Waals surface area contributed by atoms with Gasteiger partial charge in [0.1, 0.15) is 5.82 Å². The normalized spacial score (nSPS) is 10.8. The van der Waals surface area contributed by atoms with Crippen molar-refractivity contribution in [1.82, 2.24) is 25.2 Å². The van der Waals surface area contributed by atoms with Gasteiger partial charge in [0.2, 0.25) is 11.1 Å². The van der Waals surface area contributed by atoms with Crippen LogP contribution in [0.5, 0.6) is 0 Å². The van der Waals surface area contributed by atoms with Gasteiger partial charge in [-0.1, -0.05) is 18.7 Å². The van der Waals surface area contributed by atoms with Gasteiger partial charge in [0.25, 0.3) is 0 Å². The molecule has 3 rings (SSSR count). The van der Waals surface area contributed by atoms with Crippen molar-refractivity contribution in [3.05, 3.63) is 35.5 Å². The van der Waals surface area contributed by atoms with Gasteiger partial charge in [0, 0.05) is 17.5 Å². The molecule has 10 heteroatoms. The highest BCUT2D eigenvalue weighted by atomic mass is 32.2. The summed E-state index contributed by atoms with van der Waals surface area (Å²) in [5.41, 5.74) is 1.49. The van der Waals surface area contributed by atoms with Gasteiger partial charge in [-0.05, 0) is 41.1 Å². The van der Waals surface area contributed by atoms with Crippen LogP contribution in [-0.4, -0.2) is 36.9 Å². The smallest absolute Gasteiger partial charge is 0.236 e. The van der Waals surface area contributed by atoms with Gasteiger partial charge < -0.3 is 5.32 Å². The first-order valence-electron chi connectivity index (χ1n) is 7.56. The molecular formula is C15H15FN6OS2. The summed E-state index contributed by atoms with van der Waals surface area (Å²) in [4.78, 5) is 16.4. The SMILES string of the molecule is CCCn1nnnc1SCC(=O)Nc1nc(-c2ccc(F)cc2)cs1. The monoisotopic (exact) mass is 378 g/mol. The molecule has 0 unspecified atom stereocenters. The summed E-state index contributed by atoms with van der Waals surface area (Å²) in [6.07, 6.45) is 0.913. The number of carbonyl (C=O) groups excluding carboxylic acids is 1. The molecule has 1 aromatic carbocycles. The van der Waals surface area contributed by atoms with Gasteiger partial charge >= 0.3 is 0 Å². The van der Waals surface area contributed by atoms with Crippen LogP contribution in [0.15, 0.2) is 34.8 Å². The van der Waals surface area contributed by atoms with Crippen molar-refractivity contribution >= 4 is 34.1 Å². The molecular weight excluding hydrogens is 363 g/mol. The number of amides is 1. The minimum Gasteiger partial charge on any atom is -0.301 e. The summed E-state index contributed by atoms with van der Waals surface area (Å²) < 4.78 is 14.6. The molecule has 0 spiro atoms. The average molecular weight is 378 g/mol. The van der Waals surface area contributed by atoms with E-state index < -0.39 is 0 Å². The largest absolute Gasteiger partial charge is 0.301 e. The summed E-state index contributed by atoms with van der Waals surface area (Å²) in [5, 5.41) is 17.1. The summed E-state index contributed by atoms with van der Waals surface area (Å²) in [6.45, 7) is 2.74. The van der Waals surface area contributed by atoms with Crippen LogP contribution in [0.25, 0.3) is 11.3 Å². The molecule has 3 aromatic rings. The number of hydrogen-bond acceptors (Lipinski definition) is 7. The number of nitrogens with one attached hydrogen (secondary N) is 1. The number of benzene rings is 1. The Balaban J connectivity index is 1.56. The van der Waals surface area contributed by atoms with Crippen LogP contribution in [0.1, 0.15) is 13.3 Å². The predicted octanol–water partition coefficient (Wildman–Crippen LogP) is 3.08. The number of tetrazole rings is 1. The fraction of sp³-hybridized carbons (Fsp3) is 0.267. The average Bonchev–Trinajstić information content (AvgIpc) is 3.24. The molecule has 130 valence electrons. The molecule has 0 fully saturated rings. The van der Waals surface area contributed by atoms with Gasteiger partial charge in [-0.2, -0.15) is 0 Å². The lowest BCUT2D eigenvalue weighted by molar-refractivity contribution is -0.113. The summed E-state index contributed by atoms with van der Waals surface area (Å²) in [5.74, 6) is -0.291. The minimum atomic E-state index is -0.296. The summed E-state index contributed by atoms with van der Waals surface area (Å²) >= 11 is 2.60. The van der Waals surface area contributed by atoms with Crippen LogP contribution in [-0.2, 0) is 11.3 Å². The summed E-state index contributed by atoms with van der Waals surface area (Å²) in [7, 11) is 0. The maximum atomic E-state index is 13.0. The van der Waals surface area contributed by atoms with Crippen molar-refractivity contribution < 1.29 is 9.18 Å². The van der Waals surface area contributed by atoms with E-state index >= 15 is 0 Å². The van der Waals surface area contributed by atoms with E-state index in [0.29, 0.717) is 22.5 Å². The first kappa shape index (κ1) is 17.5. The molecule has 25 heavy (non-hydrogen) atoms. The van der Waals surface area contributed by atoms with Crippen LogP contribution in [0.4, 0.5) is 9.52 Å². The van der Waals surface area contributed by atoms with Crippen LogP contribution in [0.3, 0.4) is 0 Å². The highest BCUT2D eigenvalue weighted by Crippen LogP contribution is 2.25. The zero-order chi connectivity index (χ0) is 17.6. The van der Waals surface area contributed by atoms with E-state index in [2.05, 4.69) is 25.8 Å². The maximum absolute atomic E-state index is 13.0. The Kier molecular flexibility index (Phi) is 5.71. The number of aromatic nitrogens is 5. The van der Waals surface area contributed by atoms with Crippen LogP contribution < -0.4 is 5.32 Å². The molecule has 1 N–H and O–H groups in total. The lowest BCUT2D eigenvalue weighted by atomic mass is 10.2. The Labute approximate surface area is 151 Å². The standard InChI is InChI=1S/C15H15FN6OS2/c1-2-7-22-15(19-20-21-22)25-9-13(23)18-14-17-12(8-24-14)10-3-5-11(16)6-4-10/h3-6,8H,2,7,9H2,1H3,(H,17,18,23).